The van der Waals surface area contributed by atoms with Gasteiger partial charge in [-0.25, -0.2) is 4.79 Å². The number of carbonyl (C=O) groups excluding carboxylic acids is 1. The lowest BCUT2D eigenvalue weighted by molar-refractivity contribution is 0.132. The first-order chi connectivity index (χ1) is 8.61. The number of amides is 1. The fourth-order valence-electron chi connectivity index (χ4n) is 1.58. The monoisotopic (exact) mass is 250 g/mol. The molecule has 2 N–H and O–H groups in total. The van der Waals surface area contributed by atoms with Gasteiger partial charge in [0.15, 0.2) is 0 Å². The van der Waals surface area contributed by atoms with E-state index in [4.69, 9.17) is 9.84 Å². The molecule has 0 spiro atoms. The summed E-state index contributed by atoms with van der Waals surface area (Å²) in [6, 6.07) is 9.09. The summed E-state index contributed by atoms with van der Waals surface area (Å²) in [5, 5.41) is 11.6. The molecule has 0 aliphatic rings. The molecule has 1 aromatic rings. The zero-order valence-corrected chi connectivity index (χ0v) is 10.8. The molecule has 1 radical (unpaired) electrons. The van der Waals surface area contributed by atoms with Crippen LogP contribution in [-0.2, 0) is 11.3 Å². The number of hydrogen-bond acceptors (Lipinski definition) is 3. The van der Waals surface area contributed by atoms with Crippen LogP contribution in [0.2, 0.25) is 0 Å². The van der Waals surface area contributed by atoms with Crippen LogP contribution in [0.5, 0.6) is 0 Å². The fraction of sp³-hybridized carbons (Fsp3) is 0.429. The van der Waals surface area contributed by atoms with E-state index in [9.17, 15) is 4.79 Å². The average Bonchev–Trinajstić information content (AvgIpc) is 2.36. The van der Waals surface area contributed by atoms with Crippen molar-refractivity contribution in [3.63, 3.8) is 0 Å². The largest absolute Gasteiger partial charge is 0.445 e. The van der Waals surface area contributed by atoms with Crippen molar-refractivity contribution in [2.24, 2.45) is 5.92 Å². The molecule has 0 fully saturated rings. The highest BCUT2D eigenvalue weighted by molar-refractivity contribution is 5.67. The van der Waals surface area contributed by atoms with E-state index in [2.05, 4.69) is 5.32 Å². The Morgan fingerprint density at radius 2 is 2.06 bits per heavy atom. The summed E-state index contributed by atoms with van der Waals surface area (Å²) in [6.45, 7) is 5.26. The molecule has 0 aliphatic heterocycles. The van der Waals surface area contributed by atoms with Crippen LogP contribution in [0.3, 0.4) is 0 Å². The van der Waals surface area contributed by atoms with Gasteiger partial charge in [-0.05, 0) is 17.9 Å². The Labute approximate surface area is 108 Å². The molecule has 0 heterocycles. The van der Waals surface area contributed by atoms with Gasteiger partial charge in [0, 0.05) is 0 Å². The van der Waals surface area contributed by atoms with E-state index < -0.39 is 6.09 Å². The summed E-state index contributed by atoms with van der Waals surface area (Å²) in [7, 11) is 0. The molecule has 0 bridgehead atoms. The van der Waals surface area contributed by atoms with E-state index in [1.54, 1.807) is 0 Å². The molecule has 0 aliphatic carbocycles. The van der Waals surface area contributed by atoms with Gasteiger partial charge in [0.25, 0.3) is 0 Å². The molecule has 1 aromatic carbocycles. The number of aliphatic hydroxyl groups excluding tert-OH is 1. The minimum atomic E-state index is -0.519. The number of alkyl carbamates (subject to hydrolysis) is 1. The second-order valence-electron chi connectivity index (χ2n) is 4.59. The molecule has 0 unspecified atom stereocenters. The number of carbonyl (C=O) groups is 1. The number of hydrogen-bond donors (Lipinski definition) is 2. The molecule has 1 atom stereocenters. The molecule has 1 amide bonds. The fourth-order valence-corrected chi connectivity index (χ4v) is 1.58. The first kappa shape index (κ1) is 14.5. The highest BCUT2D eigenvalue weighted by Gasteiger charge is 2.14. The van der Waals surface area contributed by atoms with Gasteiger partial charge in [0.2, 0.25) is 0 Å². The van der Waals surface area contributed by atoms with Crippen molar-refractivity contribution in [3.05, 3.63) is 42.5 Å². The second kappa shape index (κ2) is 7.71. The van der Waals surface area contributed by atoms with Crippen LogP contribution in [0.1, 0.15) is 25.8 Å². The number of nitrogens with one attached hydrogen (secondary N) is 1. The third kappa shape index (κ3) is 5.68. The van der Waals surface area contributed by atoms with Crippen molar-refractivity contribution in [2.75, 3.05) is 0 Å². The van der Waals surface area contributed by atoms with Gasteiger partial charge >= 0.3 is 6.09 Å². The first-order valence-electron chi connectivity index (χ1n) is 6.06. The lowest BCUT2D eigenvalue weighted by Crippen LogP contribution is -2.36. The number of rotatable bonds is 6. The maximum absolute atomic E-state index is 11.5. The van der Waals surface area contributed by atoms with Crippen LogP contribution >= 0.6 is 0 Å². The van der Waals surface area contributed by atoms with Gasteiger partial charge in [0.1, 0.15) is 13.2 Å². The standard InChI is InChI=1S/C14H20NO3/c1-11(2)8-13(9-16)15-14(17)18-10-12-6-4-3-5-7-12/h3-7,9,11,13,16H,8,10H2,1-2H3,(H,15,17)/t13-/m0/s1. The summed E-state index contributed by atoms with van der Waals surface area (Å²) in [4.78, 5) is 11.5. The first-order valence-corrected chi connectivity index (χ1v) is 6.06. The zero-order valence-electron chi connectivity index (χ0n) is 10.8. The topological polar surface area (TPSA) is 58.6 Å². The summed E-state index contributed by atoms with van der Waals surface area (Å²) in [6.07, 6.45) is 0.159. The van der Waals surface area contributed by atoms with Crippen LogP contribution in [0.4, 0.5) is 4.79 Å². The summed E-state index contributed by atoms with van der Waals surface area (Å²) in [5.74, 6) is 0.382. The van der Waals surface area contributed by atoms with Crippen molar-refractivity contribution in [2.45, 2.75) is 32.9 Å². The summed E-state index contributed by atoms with van der Waals surface area (Å²) in [5.41, 5.74) is 0.932. The van der Waals surface area contributed by atoms with Crippen LogP contribution in [0, 0.1) is 12.5 Å². The average molecular weight is 250 g/mol. The summed E-state index contributed by atoms with van der Waals surface area (Å²) < 4.78 is 5.06. The molecule has 1 rings (SSSR count). The van der Waals surface area contributed by atoms with E-state index in [1.807, 2.05) is 44.2 Å². The Hall–Kier alpha value is -1.55. The molecule has 0 saturated carbocycles. The minimum absolute atomic E-state index is 0.229. The van der Waals surface area contributed by atoms with Crippen LogP contribution in [0.15, 0.2) is 30.3 Å². The maximum Gasteiger partial charge on any atom is 0.407 e. The molecule has 4 nitrogen and oxygen atoms in total. The number of benzene rings is 1. The van der Waals surface area contributed by atoms with Gasteiger partial charge < -0.3 is 15.2 Å². The lowest BCUT2D eigenvalue weighted by atomic mass is 10.0. The van der Waals surface area contributed by atoms with Crippen molar-refractivity contribution in [1.82, 2.24) is 5.32 Å². The van der Waals surface area contributed by atoms with E-state index in [-0.39, 0.29) is 12.6 Å². The molecule has 18 heavy (non-hydrogen) atoms. The van der Waals surface area contributed by atoms with Crippen molar-refractivity contribution >= 4 is 6.09 Å². The van der Waals surface area contributed by atoms with E-state index in [0.717, 1.165) is 12.2 Å². The predicted octanol–water partition coefficient (Wildman–Crippen LogP) is 2.86. The van der Waals surface area contributed by atoms with Crippen LogP contribution in [0.25, 0.3) is 0 Å². The lowest BCUT2D eigenvalue weighted by Gasteiger charge is -2.17. The van der Waals surface area contributed by atoms with E-state index in [1.165, 1.54) is 0 Å². The Morgan fingerprint density at radius 1 is 1.39 bits per heavy atom. The molecule has 99 valence electrons. The Morgan fingerprint density at radius 3 is 2.61 bits per heavy atom. The maximum atomic E-state index is 11.5. The quantitative estimate of drug-likeness (QED) is 0.816. The zero-order chi connectivity index (χ0) is 13.4. The highest BCUT2D eigenvalue weighted by Crippen LogP contribution is 2.07. The van der Waals surface area contributed by atoms with Gasteiger partial charge in [-0.1, -0.05) is 44.2 Å². The van der Waals surface area contributed by atoms with E-state index >= 15 is 0 Å². The molecule has 0 saturated heterocycles. The van der Waals surface area contributed by atoms with Crippen molar-refractivity contribution in [1.29, 1.82) is 0 Å². The molecule has 4 heteroatoms. The minimum Gasteiger partial charge on any atom is -0.445 e. The van der Waals surface area contributed by atoms with Gasteiger partial charge in [-0.15, -0.1) is 0 Å². The van der Waals surface area contributed by atoms with Crippen LogP contribution < -0.4 is 5.32 Å². The van der Waals surface area contributed by atoms with Gasteiger partial charge in [-0.3, -0.25) is 0 Å². The van der Waals surface area contributed by atoms with E-state index in [0.29, 0.717) is 12.3 Å². The van der Waals surface area contributed by atoms with Crippen LogP contribution in [-0.4, -0.2) is 17.2 Å². The third-order valence-electron chi connectivity index (χ3n) is 2.42. The molecular formula is C14H20NO3. The normalized spacial score (nSPS) is 12.2. The molecular weight excluding hydrogens is 230 g/mol. The van der Waals surface area contributed by atoms with Crippen molar-refractivity contribution < 1.29 is 14.6 Å². The smallest absolute Gasteiger partial charge is 0.407 e. The Balaban J connectivity index is 2.32. The highest BCUT2D eigenvalue weighted by atomic mass is 16.5. The van der Waals surface area contributed by atoms with Gasteiger partial charge in [0.05, 0.1) is 6.04 Å². The SMILES string of the molecule is CC(C)C[C@@H]([CH]O)NC(=O)OCc1ccccc1. The molecule has 0 aromatic heterocycles. The van der Waals surface area contributed by atoms with Gasteiger partial charge in [-0.2, -0.15) is 0 Å². The van der Waals surface area contributed by atoms with Crippen molar-refractivity contribution in [3.8, 4) is 0 Å². The summed E-state index contributed by atoms with van der Waals surface area (Å²) >= 11 is 0. The predicted molar refractivity (Wildman–Crippen MR) is 69.2 cm³/mol. The number of ether oxygens (including phenoxy) is 1. The number of aliphatic hydroxyl groups is 1. The Bertz CT molecular complexity index is 351. The Kier molecular flexibility index (Phi) is 6.22. The second-order valence-corrected chi connectivity index (χ2v) is 4.59. The third-order valence-corrected chi connectivity index (χ3v) is 2.42.